The molecular formula is C15H14ClN3O2S. The van der Waals surface area contributed by atoms with Gasteiger partial charge in [-0.15, -0.1) is 0 Å². The molecule has 1 aliphatic heterocycles. The van der Waals surface area contributed by atoms with Crippen molar-refractivity contribution in [2.24, 2.45) is 5.92 Å². The molecule has 0 bridgehead atoms. The quantitative estimate of drug-likeness (QED) is 0.857. The minimum atomic E-state index is -0.280. The average Bonchev–Trinajstić information content (AvgIpc) is 2.51. The van der Waals surface area contributed by atoms with Gasteiger partial charge in [0, 0.05) is 35.3 Å². The number of carbonyl (C=O) groups is 1. The molecule has 1 N–H and O–H groups in total. The van der Waals surface area contributed by atoms with Crippen molar-refractivity contribution in [1.29, 1.82) is 0 Å². The number of nitrogens with zero attached hydrogens (tertiary/aromatic N) is 2. The summed E-state index contributed by atoms with van der Waals surface area (Å²) in [6.45, 7) is 2.26. The Bertz CT molecular complexity index is 791. The Morgan fingerprint density at radius 3 is 3.09 bits per heavy atom. The van der Waals surface area contributed by atoms with E-state index in [0.29, 0.717) is 28.2 Å². The molecule has 22 heavy (non-hydrogen) atoms. The Balaban J connectivity index is 1.78. The number of aryl methyl sites for hydroxylation is 1. The van der Waals surface area contributed by atoms with E-state index in [1.165, 1.54) is 24.0 Å². The number of halogens is 1. The van der Waals surface area contributed by atoms with Crippen LogP contribution in [0.25, 0.3) is 0 Å². The molecule has 1 aliphatic rings. The topological polar surface area (TPSA) is 64.0 Å². The lowest BCUT2D eigenvalue weighted by Gasteiger charge is -2.24. The summed E-state index contributed by atoms with van der Waals surface area (Å²) in [6, 6.07) is 6.78. The molecule has 0 saturated carbocycles. The van der Waals surface area contributed by atoms with E-state index in [9.17, 15) is 9.59 Å². The van der Waals surface area contributed by atoms with Crippen molar-refractivity contribution in [3.63, 3.8) is 0 Å². The zero-order chi connectivity index (χ0) is 15.7. The molecule has 0 aliphatic carbocycles. The van der Waals surface area contributed by atoms with Crippen LogP contribution in [0.1, 0.15) is 5.56 Å². The summed E-state index contributed by atoms with van der Waals surface area (Å²) in [5.41, 5.74) is 1.52. The van der Waals surface area contributed by atoms with Crippen LogP contribution in [-0.4, -0.2) is 21.2 Å². The first-order valence-corrected chi connectivity index (χ1v) is 8.16. The summed E-state index contributed by atoms with van der Waals surface area (Å²) >= 11 is 7.39. The van der Waals surface area contributed by atoms with E-state index in [0.717, 1.165) is 5.56 Å². The van der Waals surface area contributed by atoms with Crippen LogP contribution in [0.15, 0.2) is 40.4 Å². The van der Waals surface area contributed by atoms with E-state index in [4.69, 9.17) is 11.6 Å². The fraction of sp³-hybridized carbons (Fsp3) is 0.267. The van der Waals surface area contributed by atoms with Gasteiger partial charge in [-0.25, -0.2) is 4.98 Å². The van der Waals surface area contributed by atoms with E-state index < -0.39 is 0 Å². The predicted octanol–water partition coefficient (Wildman–Crippen LogP) is 2.57. The first kappa shape index (κ1) is 15.1. The Kier molecular flexibility index (Phi) is 4.22. The molecule has 0 spiro atoms. The first-order valence-electron chi connectivity index (χ1n) is 6.80. The highest BCUT2D eigenvalue weighted by molar-refractivity contribution is 7.99. The first-order chi connectivity index (χ1) is 10.5. The molecule has 5 nitrogen and oxygen atoms in total. The molecule has 1 aromatic carbocycles. The van der Waals surface area contributed by atoms with Gasteiger partial charge in [0.1, 0.15) is 0 Å². The lowest BCUT2D eigenvalue weighted by molar-refractivity contribution is -0.119. The smallest absolute Gasteiger partial charge is 0.254 e. The normalized spacial score (nSPS) is 16.9. The van der Waals surface area contributed by atoms with Crippen LogP contribution in [0.4, 0.5) is 5.69 Å². The van der Waals surface area contributed by atoms with Gasteiger partial charge in [0.2, 0.25) is 5.91 Å². The number of aromatic nitrogens is 2. The van der Waals surface area contributed by atoms with E-state index in [-0.39, 0.29) is 17.4 Å². The number of nitrogens with one attached hydrogen (secondary N) is 1. The highest BCUT2D eigenvalue weighted by Crippen LogP contribution is 2.26. The molecule has 1 unspecified atom stereocenters. The van der Waals surface area contributed by atoms with Crippen molar-refractivity contribution in [2.45, 2.75) is 18.6 Å². The number of carbonyl (C=O) groups excluding carboxylic acids is 1. The summed E-state index contributed by atoms with van der Waals surface area (Å²) in [7, 11) is 0. The zero-order valence-corrected chi connectivity index (χ0v) is 13.4. The molecular weight excluding hydrogens is 322 g/mol. The second-order valence-electron chi connectivity index (χ2n) is 5.13. The maximum Gasteiger partial charge on any atom is 0.254 e. The highest BCUT2D eigenvalue weighted by Gasteiger charge is 2.26. The van der Waals surface area contributed by atoms with Gasteiger partial charge in [-0.3, -0.25) is 14.2 Å². The highest BCUT2D eigenvalue weighted by atomic mass is 35.5. The minimum Gasteiger partial charge on any atom is -0.325 e. The van der Waals surface area contributed by atoms with Gasteiger partial charge in [0.05, 0.1) is 5.92 Å². The SMILES string of the molecule is Cc1ccc(Cl)cc1NC(=O)C1CSc2nccc(=O)n2C1. The van der Waals surface area contributed by atoms with E-state index >= 15 is 0 Å². The summed E-state index contributed by atoms with van der Waals surface area (Å²) in [4.78, 5) is 28.5. The van der Waals surface area contributed by atoms with Crippen LogP contribution in [0, 0.1) is 12.8 Å². The number of fused-ring (bicyclic) bond motifs is 1. The van der Waals surface area contributed by atoms with Crippen LogP contribution in [-0.2, 0) is 11.3 Å². The van der Waals surface area contributed by atoms with E-state index in [2.05, 4.69) is 10.3 Å². The Morgan fingerprint density at radius 2 is 2.27 bits per heavy atom. The van der Waals surface area contributed by atoms with Gasteiger partial charge in [0.15, 0.2) is 5.16 Å². The van der Waals surface area contributed by atoms with Crippen molar-refractivity contribution >= 4 is 35.0 Å². The van der Waals surface area contributed by atoms with Crippen LogP contribution >= 0.6 is 23.4 Å². The number of anilines is 1. The van der Waals surface area contributed by atoms with Crippen LogP contribution in [0.2, 0.25) is 5.02 Å². The van der Waals surface area contributed by atoms with Crippen LogP contribution < -0.4 is 10.9 Å². The molecule has 3 rings (SSSR count). The Morgan fingerprint density at radius 1 is 1.45 bits per heavy atom. The molecule has 2 heterocycles. The number of hydrogen-bond acceptors (Lipinski definition) is 4. The second-order valence-corrected chi connectivity index (χ2v) is 6.56. The Labute approximate surface area is 136 Å². The number of benzene rings is 1. The zero-order valence-electron chi connectivity index (χ0n) is 11.9. The van der Waals surface area contributed by atoms with Crippen molar-refractivity contribution in [3.8, 4) is 0 Å². The predicted molar refractivity (Wildman–Crippen MR) is 87.5 cm³/mol. The Hall–Kier alpha value is -1.79. The molecule has 1 atom stereocenters. The molecule has 7 heteroatoms. The van der Waals surface area contributed by atoms with Crippen LogP contribution in [0.5, 0.6) is 0 Å². The summed E-state index contributed by atoms with van der Waals surface area (Å²) in [5, 5.41) is 4.13. The lowest BCUT2D eigenvalue weighted by Crippen LogP contribution is -2.36. The largest absolute Gasteiger partial charge is 0.325 e. The van der Waals surface area contributed by atoms with Gasteiger partial charge in [-0.1, -0.05) is 29.4 Å². The van der Waals surface area contributed by atoms with E-state index in [1.807, 2.05) is 13.0 Å². The maximum atomic E-state index is 12.4. The summed E-state index contributed by atoms with van der Waals surface area (Å²) < 4.78 is 1.54. The fourth-order valence-electron chi connectivity index (χ4n) is 2.27. The van der Waals surface area contributed by atoms with Crippen molar-refractivity contribution in [1.82, 2.24) is 9.55 Å². The molecule has 0 radical (unpaired) electrons. The van der Waals surface area contributed by atoms with Crippen molar-refractivity contribution in [3.05, 3.63) is 51.4 Å². The monoisotopic (exact) mass is 335 g/mol. The van der Waals surface area contributed by atoms with Crippen molar-refractivity contribution in [2.75, 3.05) is 11.1 Å². The van der Waals surface area contributed by atoms with Gasteiger partial charge < -0.3 is 5.32 Å². The molecule has 1 aromatic heterocycles. The molecule has 0 saturated heterocycles. The average molecular weight is 336 g/mol. The number of hydrogen-bond donors (Lipinski definition) is 1. The van der Waals surface area contributed by atoms with Crippen molar-refractivity contribution < 1.29 is 4.79 Å². The lowest BCUT2D eigenvalue weighted by atomic mass is 10.1. The van der Waals surface area contributed by atoms with Gasteiger partial charge in [0.25, 0.3) is 5.56 Å². The molecule has 114 valence electrons. The standard InChI is InChI=1S/C15H14ClN3O2S/c1-9-2-3-11(16)6-12(9)18-14(21)10-7-19-13(20)4-5-17-15(19)22-8-10/h2-6,10H,7-8H2,1H3,(H,18,21). The van der Waals surface area contributed by atoms with Crippen LogP contribution in [0.3, 0.4) is 0 Å². The number of thioether (sulfide) groups is 1. The summed E-state index contributed by atoms with van der Waals surface area (Å²) in [5.74, 6) is 0.207. The third kappa shape index (κ3) is 3.03. The fourth-order valence-corrected chi connectivity index (χ4v) is 3.51. The van der Waals surface area contributed by atoms with Gasteiger partial charge >= 0.3 is 0 Å². The summed E-state index contributed by atoms with van der Waals surface area (Å²) in [6.07, 6.45) is 1.50. The van der Waals surface area contributed by atoms with Gasteiger partial charge in [-0.2, -0.15) is 0 Å². The third-order valence-corrected chi connectivity index (χ3v) is 4.93. The third-order valence-electron chi connectivity index (χ3n) is 3.54. The van der Waals surface area contributed by atoms with E-state index in [1.54, 1.807) is 16.7 Å². The molecule has 1 amide bonds. The van der Waals surface area contributed by atoms with Gasteiger partial charge in [-0.05, 0) is 24.6 Å². The molecule has 0 fully saturated rings. The number of amides is 1. The second kappa shape index (κ2) is 6.14. The molecule has 2 aromatic rings. The minimum absolute atomic E-state index is 0.112. The number of rotatable bonds is 2. The maximum absolute atomic E-state index is 12.4.